The zero-order valence-corrected chi connectivity index (χ0v) is 13.7. The molecule has 0 fully saturated rings. The van der Waals surface area contributed by atoms with Crippen LogP contribution in [0.5, 0.6) is 11.5 Å². The number of fused-ring (bicyclic) bond motifs is 1. The van der Waals surface area contributed by atoms with Crippen molar-refractivity contribution in [3.8, 4) is 23.1 Å². The molecule has 1 aromatic carbocycles. The van der Waals surface area contributed by atoms with E-state index in [0.717, 1.165) is 11.5 Å². The Kier molecular flexibility index (Phi) is 4.30. The second kappa shape index (κ2) is 6.89. The second-order valence-electron chi connectivity index (χ2n) is 5.58. The Labute approximate surface area is 143 Å². The van der Waals surface area contributed by atoms with Gasteiger partial charge < -0.3 is 18.7 Å². The summed E-state index contributed by atoms with van der Waals surface area (Å²) in [6, 6.07) is 7.59. The highest BCUT2D eigenvalue weighted by Gasteiger charge is 2.22. The maximum atomic E-state index is 5.92. The lowest BCUT2D eigenvalue weighted by Gasteiger charge is -2.26. The molecule has 0 saturated carbocycles. The molecule has 9 nitrogen and oxygen atoms in total. The minimum Gasteiger partial charge on any atom is -0.486 e. The van der Waals surface area contributed by atoms with Crippen LogP contribution in [0.25, 0.3) is 11.6 Å². The van der Waals surface area contributed by atoms with Crippen LogP contribution in [0, 0.1) is 0 Å². The summed E-state index contributed by atoms with van der Waals surface area (Å²) in [5, 5.41) is 12.1. The van der Waals surface area contributed by atoms with Crippen LogP contribution in [0.2, 0.25) is 0 Å². The summed E-state index contributed by atoms with van der Waals surface area (Å²) < 4.78 is 23.5. The Hall–Kier alpha value is -2.94. The number of ether oxygens (including phenoxy) is 3. The van der Waals surface area contributed by atoms with E-state index < -0.39 is 0 Å². The molecule has 130 valence electrons. The molecule has 3 aromatic rings. The van der Waals surface area contributed by atoms with Gasteiger partial charge in [0, 0.05) is 13.5 Å². The normalized spacial score (nSPS) is 16.1. The summed E-state index contributed by atoms with van der Waals surface area (Å²) in [6.07, 6.45) is 2.18. The van der Waals surface area contributed by atoms with E-state index in [2.05, 4.69) is 20.5 Å². The van der Waals surface area contributed by atoms with Crippen molar-refractivity contribution in [1.29, 1.82) is 0 Å². The van der Waals surface area contributed by atoms with Gasteiger partial charge in [-0.1, -0.05) is 22.5 Å². The number of rotatable bonds is 6. The Bertz CT molecular complexity index is 846. The zero-order valence-electron chi connectivity index (χ0n) is 13.7. The van der Waals surface area contributed by atoms with Crippen molar-refractivity contribution in [1.82, 2.24) is 25.1 Å². The minimum atomic E-state index is -0.149. The summed E-state index contributed by atoms with van der Waals surface area (Å²) in [6.45, 7) is 1.49. The molecule has 1 aliphatic heterocycles. The third-order valence-corrected chi connectivity index (χ3v) is 3.71. The summed E-state index contributed by atoms with van der Waals surface area (Å²) in [5.74, 6) is 2.40. The number of hydrogen-bond acceptors (Lipinski definition) is 8. The van der Waals surface area contributed by atoms with Gasteiger partial charge in [-0.05, 0) is 12.1 Å². The average molecular weight is 343 g/mol. The average Bonchev–Trinajstić information content (AvgIpc) is 3.29. The Morgan fingerprint density at radius 2 is 2.16 bits per heavy atom. The molecule has 4 rings (SSSR count). The van der Waals surface area contributed by atoms with Crippen LogP contribution in [0.3, 0.4) is 0 Å². The molecule has 0 bridgehead atoms. The second-order valence-corrected chi connectivity index (χ2v) is 5.58. The predicted octanol–water partition coefficient (Wildman–Crippen LogP) is 1.36. The summed E-state index contributed by atoms with van der Waals surface area (Å²) in [7, 11) is 1.63. The fourth-order valence-electron chi connectivity index (χ4n) is 2.50. The molecule has 9 heteroatoms. The van der Waals surface area contributed by atoms with Crippen molar-refractivity contribution in [3.63, 3.8) is 0 Å². The molecule has 0 spiro atoms. The van der Waals surface area contributed by atoms with E-state index in [1.165, 1.54) is 0 Å². The highest BCUT2D eigenvalue weighted by molar-refractivity contribution is 5.43. The van der Waals surface area contributed by atoms with E-state index in [0.29, 0.717) is 43.6 Å². The minimum absolute atomic E-state index is 0.149. The quantitative estimate of drug-likeness (QED) is 0.662. The number of aromatic nitrogens is 5. The van der Waals surface area contributed by atoms with Crippen LogP contribution in [0.1, 0.15) is 5.82 Å². The number of methoxy groups -OCH3 is 1. The molecule has 2 aromatic heterocycles. The van der Waals surface area contributed by atoms with Crippen molar-refractivity contribution >= 4 is 0 Å². The highest BCUT2D eigenvalue weighted by Crippen LogP contribution is 2.31. The standard InChI is InChI=1S/C16H17N5O4/c1-22-7-6-15-17-16(25-19-15)12-9-21(20-18-12)8-11-10-23-13-4-2-3-5-14(13)24-11/h2-5,9,11H,6-8,10H2,1H3/t11-/m0/s1. The first-order valence-electron chi connectivity index (χ1n) is 7.92. The van der Waals surface area contributed by atoms with Crippen LogP contribution < -0.4 is 9.47 Å². The monoisotopic (exact) mass is 343 g/mol. The Morgan fingerprint density at radius 1 is 1.28 bits per heavy atom. The molecule has 1 atom stereocenters. The third-order valence-electron chi connectivity index (χ3n) is 3.71. The highest BCUT2D eigenvalue weighted by atomic mass is 16.6. The molecule has 0 radical (unpaired) electrons. The third kappa shape index (κ3) is 3.45. The maximum absolute atomic E-state index is 5.92. The van der Waals surface area contributed by atoms with Crippen LogP contribution in [0.15, 0.2) is 35.0 Å². The van der Waals surface area contributed by atoms with E-state index in [1.807, 2.05) is 24.3 Å². The number of benzene rings is 1. The van der Waals surface area contributed by atoms with Crippen molar-refractivity contribution in [2.24, 2.45) is 0 Å². The van der Waals surface area contributed by atoms with Crippen molar-refractivity contribution in [3.05, 3.63) is 36.3 Å². The van der Waals surface area contributed by atoms with E-state index in [9.17, 15) is 0 Å². The van der Waals surface area contributed by atoms with Gasteiger partial charge in [0.25, 0.3) is 5.89 Å². The fraction of sp³-hybridized carbons (Fsp3) is 0.375. The van der Waals surface area contributed by atoms with Gasteiger partial charge in [-0.15, -0.1) is 5.10 Å². The fourth-order valence-corrected chi connectivity index (χ4v) is 2.50. The molecular formula is C16H17N5O4. The number of para-hydroxylation sites is 2. The molecule has 0 N–H and O–H groups in total. The van der Waals surface area contributed by atoms with E-state index in [-0.39, 0.29) is 6.10 Å². The van der Waals surface area contributed by atoms with E-state index in [1.54, 1.807) is 18.0 Å². The lowest BCUT2D eigenvalue weighted by Crippen LogP contribution is -2.33. The number of nitrogens with zero attached hydrogens (tertiary/aromatic N) is 5. The van der Waals surface area contributed by atoms with Gasteiger partial charge in [0.1, 0.15) is 6.61 Å². The lowest BCUT2D eigenvalue weighted by molar-refractivity contribution is 0.0755. The molecule has 0 amide bonds. The van der Waals surface area contributed by atoms with Crippen molar-refractivity contribution in [2.75, 3.05) is 20.3 Å². The SMILES string of the molecule is COCCc1noc(-c2cn(C[C@H]3COc4ccccc4O3)nn2)n1. The van der Waals surface area contributed by atoms with Crippen molar-refractivity contribution < 1.29 is 18.7 Å². The van der Waals surface area contributed by atoms with E-state index in [4.69, 9.17) is 18.7 Å². The van der Waals surface area contributed by atoms with Crippen LogP contribution >= 0.6 is 0 Å². The first-order chi connectivity index (χ1) is 12.3. The van der Waals surface area contributed by atoms with Crippen LogP contribution in [0.4, 0.5) is 0 Å². The smallest absolute Gasteiger partial charge is 0.280 e. The molecule has 0 saturated heterocycles. The Morgan fingerprint density at radius 3 is 3.04 bits per heavy atom. The van der Waals surface area contributed by atoms with Gasteiger partial charge in [0.15, 0.2) is 29.1 Å². The largest absolute Gasteiger partial charge is 0.486 e. The first kappa shape index (κ1) is 15.6. The maximum Gasteiger partial charge on any atom is 0.280 e. The number of hydrogen-bond donors (Lipinski definition) is 0. The molecule has 0 unspecified atom stereocenters. The molecule has 1 aliphatic rings. The van der Waals surface area contributed by atoms with Crippen LogP contribution in [-0.2, 0) is 17.7 Å². The van der Waals surface area contributed by atoms with Gasteiger partial charge in [-0.25, -0.2) is 4.68 Å². The van der Waals surface area contributed by atoms with Gasteiger partial charge in [-0.2, -0.15) is 4.98 Å². The van der Waals surface area contributed by atoms with E-state index >= 15 is 0 Å². The Balaban J connectivity index is 1.41. The molecule has 0 aliphatic carbocycles. The van der Waals surface area contributed by atoms with Gasteiger partial charge in [0.05, 0.1) is 19.3 Å². The molecular weight excluding hydrogens is 326 g/mol. The van der Waals surface area contributed by atoms with Crippen molar-refractivity contribution in [2.45, 2.75) is 19.1 Å². The van der Waals surface area contributed by atoms with Gasteiger partial charge in [-0.3, -0.25) is 0 Å². The van der Waals surface area contributed by atoms with Crippen LogP contribution in [-0.4, -0.2) is 51.6 Å². The molecule has 3 heterocycles. The molecule has 25 heavy (non-hydrogen) atoms. The summed E-state index contributed by atoms with van der Waals surface area (Å²) in [4.78, 5) is 4.28. The zero-order chi connectivity index (χ0) is 17.1. The van der Waals surface area contributed by atoms with Gasteiger partial charge in [0.2, 0.25) is 0 Å². The lowest BCUT2D eigenvalue weighted by atomic mass is 10.2. The topological polar surface area (TPSA) is 97.3 Å². The first-order valence-corrected chi connectivity index (χ1v) is 7.92. The summed E-state index contributed by atoms with van der Waals surface area (Å²) in [5.41, 5.74) is 0.522. The summed E-state index contributed by atoms with van der Waals surface area (Å²) >= 11 is 0. The predicted molar refractivity (Wildman–Crippen MR) is 85.2 cm³/mol. The van der Waals surface area contributed by atoms with Gasteiger partial charge >= 0.3 is 0 Å².